The topological polar surface area (TPSA) is 0 Å². The maximum absolute atomic E-state index is 2.80. The van der Waals surface area contributed by atoms with E-state index in [1.165, 1.54) is 36.5 Å². The molecule has 0 N–H and O–H groups in total. The van der Waals surface area contributed by atoms with Crippen molar-refractivity contribution in [1.29, 1.82) is 0 Å². The predicted molar refractivity (Wildman–Crippen MR) is 102 cm³/mol. The molecule has 4 unspecified atom stereocenters. The van der Waals surface area contributed by atoms with Gasteiger partial charge in [-0.25, -0.2) is 0 Å². The molecule has 2 rings (SSSR count). The van der Waals surface area contributed by atoms with Gasteiger partial charge in [-0.3, -0.25) is 0 Å². The molecule has 2 saturated carbocycles. The Labute approximate surface area is 147 Å². The number of rotatable bonds is 5. The van der Waals surface area contributed by atoms with Crippen LogP contribution in [0.3, 0.4) is 0 Å². The van der Waals surface area contributed by atoms with Crippen LogP contribution in [-0.2, 0) is 0 Å². The van der Waals surface area contributed by atoms with Gasteiger partial charge in [-0.05, 0) is 67.6 Å². The third-order valence-corrected chi connectivity index (χ3v) is 8.12. The Morgan fingerprint density at radius 3 is 2.21 bits per heavy atom. The zero-order valence-corrected chi connectivity index (χ0v) is 17.1. The standard InChI is InChI=1S/C17H30I2/c1-11(2)4-5-16-15(10-18)8-14(9-17(16)19)13-6-12(3)7-13/h11-17H,4-10H2,1-3H3. The maximum atomic E-state index is 2.80. The summed E-state index contributed by atoms with van der Waals surface area (Å²) >= 11 is 5.45. The molecule has 2 heteroatoms. The van der Waals surface area contributed by atoms with Crippen molar-refractivity contribution >= 4 is 45.2 Å². The smallest absolute Gasteiger partial charge is 0.0143 e. The summed E-state index contributed by atoms with van der Waals surface area (Å²) in [6.07, 6.45) is 9.03. The monoisotopic (exact) mass is 488 g/mol. The average Bonchev–Trinajstić information content (AvgIpc) is 2.32. The Morgan fingerprint density at radius 1 is 1.05 bits per heavy atom. The Morgan fingerprint density at radius 2 is 1.68 bits per heavy atom. The molecule has 0 aromatic heterocycles. The molecular weight excluding hydrogens is 458 g/mol. The van der Waals surface area contributed by atoms with E-state index in [1.54, 1.807) is 6.42 Å². The van der Waals surface area contributed by atoms with Gasteiger partial charge in [-0.2, -0.15) is 0 Å². The highest BCUT2D eigenvalue weighted by molar-refractivity contribution is 14.1. The minimum atomic E-state index is 0.878. The molecule has 0 bridgehead atoms. The summed E-state index contributed by atoms with van der Waals surface area (Å²) in [5.41, 5.74) is 0. The summed E-state index contributed by atoms with van der Waals surface area (Å²) in [4.78, 5) is 0. The second kappa shape index (κ2) is 7.64. The molecule has 0 spiro atoms. The molecule has 4 atom stereocenters. The third-order valence-electron chi connectivity index (χ3n) is 5.56. The van der Waals surface area contributed by atoms with Gasteiger partial charge >= 0.3 is 0 Å². The fraction of sp³-hybridized carbons (Fsp3) is 1.00. The van der Waals surface area contributed by atoms with Crippen molar-refractivity contribution < 1.29 is 0 Å². The molecule has 112 valence electrons. The van der Waals surface area contributed by atoms with E-state index in [0.717, 1.165) is 39.4 Å². The minimum Gasteiger partial charge on any atom is -0.0861 e. The van der Waals surface area contributed by atoms with Gasteiger partial charge in [0.2, 0.25) is 0 Å². The summed E-state index contributed by atoms with van der Waals surface area (Å²) in [5.74, 6) is 6.07. The zero-order valence-electron chi connectivity index (χ0n) is 12.7. The minimum absolute atomic E-state index is 0.878. The van der Waals surface area contributed by atoms with E-state index < -0.39 is 0 Å². The van der Waals surface area contributed by atoms with Crippen LogP contribution in [0, 0.1) is 35.5 Å². The lowest BCUT2D eigenvalue weighted by Gasteiger charge is -2.47. The summed E-state index contributed by atoms with van der Waals surface area (Å²) in [6.45, 7) is 7.19. The second-order valence-electron chi connectivity index (χ2n) is 7.63. The van der Waals surface area contributed by atoms with E-state index in [1.807, 2.05) is 0 Å². The van der Waals surface area contributed by atoms with Crippen molar-refractivity contribution in [2.45, 2.75) is 63.2 Å². The van der Waals surface area contributed by atoms with Gasteiger partial charge in [0, 0.05) is 8.35 Å². The summed E-state index contributed by atoms with van der Waals surface area (Å²) < 4.78 is 2.34. The fourth-order valence-electron chi connectivity index (χ4n) is 4.27. The van der Waals surface area contributed by atoms with Crippen LogP contribution >= 0.6 is 45.2 Å². The van der Waals surface area contributed by atoms with Gasteiger partial charge in [0.15, 0.2) is 0 Å². The maximum Gasteiger partial charge on any atom is 0.0143 e. The first-order chi connectivity index (χ1) is 9.01. The fourth-order valence-corrected chi connectivity index (χ4v) is 6.89. The molecule has 0 radical (unpaired) electrons. The highest BCUT2D eigenvalue weighted by atomic mass is 127. The van der Waals surface area contributed by atoms with Crippen molar-refractivity contribution in [1.82, 2.24) is 0 Å². The van der Waals surface area contributed by atoms with Gasteiger partial charge in [-0.1, -0.05) is 72.4 Å². The Balaban J connectivity index is 1.89. The van der Waals surface area contributed by atoms with Crippen molar-refractivity contribution in [2.24, 2.45) is 35.5 Å². The van der Waals surface area contributed by atoms with Gasteiger partial charge < -0.3 is 0 Å². The molecule has 0 nitrogen and oxygen atoms in total. The van der Waals surface area contributed by atoms with E-state index in [2.05, 4.69) is 66.0 Å². The number of alkyl halides is 2. The van der Waals surface area contributed by atoms with Gasteiger partial charge in [0.25, 0.3) is 0 Å². The van der Waals surface area contributed by atoms with Crippen LogP contribution in [-0.4, -0.2) is 8.35 Å². The predicted octanol–water partition coefficient (Wildman–Crippen LogP) is 6.35. The number of halogens is 2. The lowest BCUT2D eigenvalue weighted by molar-refractivity contribution is 0.0744. The zero-order chi connectivity index (χ0) is 14.0. The van der Waals surface area contributed by atoms with Gasteiger partial charge in [0.1, 0.15) is 0 Å². The van der Waals surface area contributed by atoms with Crippen LogP contribution in [0.5, 0.6) is 0 Å². The van der Waals surface area contributed by atoms with Crippen molar-refractivity contribution in [3.05, 3.63) is 0 Å². The quantitative estimate of drug-likeness (QED) is 0.313. The molecule has 0 aliphatic heterocycles. The Hall–Kier alpha value is 1.46. The third kappa shape index (κ3) is 4.46. The molecule has 0 amide bonds. The molecular formula is C17H30I2. The molecule has 0 aromatic rings. The molecule has 2 fully saturated rings. The van der Waals surface area contributed by atoms with Crippen LogP contribution in [0.2, 0.25) is 0 Å². The van der Waals surface area contributed by atoms with Crippen LogP contribution in [0.15, 0.2) is 0 Å². The molecule has 2 aliphatic rings. The molecule has 2 aliphatic carbocycles. The molecule has 19 heavy (non-hydrogen) atoms. The first-order valence-electron chi connectivity index (χ1n) is 8.21. The highest BCUT2D eigenvalue weighted by Crippen LogP contribution is 2.50. The SMILES string of the molecule is CC(C)CCC1C(I)CC(C2CC(C)C2)CC1CI. The molecule has 0 aromatic carbocycles. The van der Waals surface area contributed by atoms with E-state index in [4.69, 9.17) is 0 Å². The van der Waals surface area contributed by atoms with Gasteiger partial charge in [0.05, 0.1) is 0 Å². The molecule has 0 saturated heterocycles. The first kappa shape index (κ1) is 16.8. The molecule has 0 heterocycles. The van der Waals surface area contributed by atoms with Crippen LogP contribution in [0.1, 0.15) is 59.3 Å². The Bertz CT molecular complexity index is 270. The van der Waals surface area contributed by atoms with Crippen LogP contribution in [0.25, 0.3) is 0 Å². The summed E-state index contributed by atoms with van der Waals surface area (Å²) in [6, 6.07) is 0. The van der Waals surface area contributed by atoms with E-state index >= 15 is 0 Å². The lowest BCUT2D eigenvalue weighted by atomic mass is 9.61. The first-order valence-corrected chi connectivity index (χ1v) is 11.0. The number of hydrogen-bond donors (Lipinski definition) is 0. The number of hydrogen-bond acceptors (Lipinski definition) is 0. The van der Waals surface area contributed by atoms with E-state index in [9.17, 15) is 0 Å². The van der Waals surface area contributed by atoms with Crippen molar-refractivity contribution in [2.75, 3.05) is 4.43 Å². The van der Waals surface area contributed by atoms with E-state index in [-0.39, 0.29) is 0 Å². The van der Waals surface area contributed by atoms with Gasteiger partial charge in [-0.15, -0.1) is 0 Å². The summed E-state index contributed by atoms with van der Waals surface area (Å²) in [5, 5.41) is 0. The Kier molecular flexibility index (Phi) is 6.77. The normalized spacial score (nSPS) is 43.3. The van der Waals surface area contributed by atoms with Crippen LogP contribution in [0.4, 0.5) is 0 Å². The van der Waals surface area contributed by atoms with Crippen molar-refractivity contribution in [3.8, 4) is 0 Å². The largest absolute Gasteiger partial charge is 0.0861 e. The van der Waals surface area contributed by atoms with Crippen molar-refractivity contribution in [3.63, 3.8) is 0 Å². The second-order valence-corrected chi connectivity index (χ2v) is 10.1. The van der Waals surface area contributed by atoms with Crippen LogP contribution < -0.4 is 0 Å². The van der Waals surface area contributed by atoms with E-state index in [0.29, 0.717) is 0 Å². The summed E-state index contributed by atoms with van der Waals surface area (Å²) in [7, 11) is 0. The average molecular weight is 488 g/mol. The highest BCUT2D eigenvalue weighted by Gasteiger charge is 2.41. The lowest BCUT2D eigenvalue weighted by Crippen LogP contribution is -2.40.